The van der Waals surface area contributed by atoms with Gasteiger partial charge in [-0.2, -0.15) is 0 Å². The number of hydrogen-bond acceptors (Lipinski definition) is 3. The molecule has 2 rings (SSSR count). The zero-order valence-corrected chi connectivity index (χ0v) is 9.91. The van der Waals surface area contributed by atoms with E-state index in [4.69, 9.17) is 4.74 Å². The largest absolute Gasteiger partial charge is 0.385 e. The maximum atomic E-state index is 5.61. The molecule has 0 aromatic carbocycles. The van der Waals surface area contributed by atoms with Gasteiger partial charge in [0, 0.05) is 25.0 Å². The van der Waals surface area contributed by atoms with Gasteiger partial charge in [-0.05, 0) is 37.3 Å². The van der Waals surface area contributed by atoms with Crippen molar-refractivity contribution in [1.29, 1.82) is 0 Å². The first-order valence-electron chi connectivity index (χ1n) is 6.15. The third-order valence-electron chi connectivity index (χ3n) is 2.70. The molecule has 1 aromatic rings. The van der Waals surface area contributed by atoms with E-state index in [1.165, 1.54) is 12.8 Å². The summed E-state index contributed by atoms with van der Waals surface area (Å²) in [5.74, 6) is 0.821. The van der Waals surface area contributed by atoms with Gasteiger partial charge in [0.2, 0.25) is 0 Å². The van der Waals surface area contributed by atoms with Gasteiger partial charge in [-0.15, -0.1) is 0 Å². The van der Waals surface area contributed by atoms with Crippen molar-refractivity contribution >= 4 is 5.69 Å². The summed E-state index contributed by atoms with van der Waals surface area (Å²) in [6.07, 6.45) is 5.65. The summed E-state index contributed by atoms with van der Waals surface area (Å²) < 4.78 is 5.61. The molecule has 1 fully saturated rings. The second-order valence-electron chi connectivity index (χ2n) is 4.42. The molecular weight excluding hydrogens is 200 g/mol. The van der Waals surface area contributed by atoms with Crippen LogP contribution in [-0.4, -0.2) is 18.1 Å². The molecule has 16 heavy (non-hydrogen) atoms. The van der Waals surface area contributed by atoms with Crippen LogP contribution in [-0.2, 0) is 11.3 Å². The van der Waals surface area contributed by atoms with Gasteiger partial charge in [-0.3, -0.25) is 4.98 Å². The molecule has 0 saturated heterocycles. The highest BCUT2D eigenvalue weighted by Crippen LogP contribution is 2.29. The van der Waals surface area contributed by atoms with Crippen LogP contribution in [0.2, 0.25) is 0 Å². The number of pyridine rings is 1. The van der Waals surface area contributed by atoms with Gasteiger partial charge < -0.3 is 10.1 Å². The Bertz CT molecular complexity index is 323. The van der Waals surface area contributed by atoms with E-state index in [0.29, 0.717) is 6.61 Å². The van der Waals surface area contributed by atoms with Gasteiger partial charge in [-0.1, -0.05) is 6.92 Å². The molecule has 0 unspecified atom stereocenters. The fourth-order valence-corrected chi connectivity index (χ4v) is 1.55. The molecule has 1 saturated carbocycles. The molecule has 1 aliphatic carbocycles. The average molecular weight is 220 g/mol. The first-order valence-corrected chi connectivity index (χ1v) is 6.15. The Kier molecular flexibility index (Phi) is 4.17. The van der Waals surface area contributed by atoms with Crippen molar-refractivity contribution < 1.29 is 4.74 Å². The van der Waals surface area contributed by atoms with Crippen LogP contribution >= 0.6 is 0 Å². The molecule has 1 N–H and O–H groups in total. The minimum Gasteiger partial charge on any atom is -0.385 e. The molecular formula is C13H20N2O. The van der Waals surface area contributed by atoms with Crippen molar-refractivity contribution in [3.05, 3.63) is 24.0 Å². The Morgan fingerprint density at radius 3 is 3.12 bits per heavy atom. The molecule has 0 radical (unpaired) electrons. The SMILES string of the molecule is CCCNc1ccnc(COCC2CC2)c1. The minimum atomic E-state index is 0.637. The number of nitrogens with one attached hydrogen (secondary N) is 1. The summed E-state index contributed by atoms with van der Waals surface area (Å²) >= 11 is 0. The van der Waals surface area contributed by atoms with E-state index >= 15 is 0 Å². The monoisotopic (exact) mass is 220 g/mol. The second kappa shape index (κ2) is 5.85. The molecule has 3 heteroatoms. The maximum absolute atomic E-state index is 5.61. The molecule has 0 bridgehead atoms. The lowest BCUT2D eigenvalue weighted by Gasteiger charge is -2.07. The maximum Gasteiger partial charge on any atom is 0.0888 e. The molecule has 1 aliphatic rings. The summed E-state index contributed by atoms with van der Waals surface area (Å²) in [5.41, 5.74) is 2.16. The number of aromatic nitrogens is 1. The molecule has 0 atom stereocenters. The topological polar surface area (TPSA) is 34.2 Å². The first kappa shape index (κ1) is 11.4. The Balaban J connectivity index is 1.77. The molecule has 3 nitrogen and oxygen atoms in total. The average Bonchev–Trinajstić information content (AvgIpc) is 3.11. The highest BCUT2D eigenvalue weighted by molar-refractivity contribution is 5.42. The van der Waals surface area contributed by atoms with Crippen molar-refractivity contribution in [2.45, 2.75) is 32.8 Å². The summed E-state index contributed by atoms with van der Waals surface area (Å²) in [5, 5.41) is 3.35. The zero-order valence-electron chi connectivity index (χ0n) is 9.91. The fourth-order valence-electron chi connectivity index (χ4n) is 1.55. The second-order valence-corrected chi connectivity index (χ2v) is 4.42. The Labute approximate surface area is 97.2 Å². The number of nitrogens with zero attached hydrogens (tertiary/aromatic N) is 1. The van der Waals surface area contributed by atoms with Gasteiger partial charge in [-0.25, -0.2) is 0 Å². The van der Waals surface area contributed by atoms with Gasteiger partial charge in [0.05, 0.1) is 12.3 Å². The molecule has 0 amide bonds. The predicted octanol–water partition coefficient (Wildman–Crippen LogP) is 2.83. The first-order chi connectivity index (χ1) is 7.88. The summed E-state index contributed by atoms with van der Waals surface area (Å²) in [6, 6.07) is 4.07. The van der Waals surface area contributed by atoms with Gasteiger partial charge in [0.15, 0.2) is 0 Å². The van der Waals surface area contributed by atoms with E-state index in [9.17, 15) is 0 Å². The van der Waals surface area contributed by atoms with Crippen LogP contribution < -0.4 is 5.32 Å². The fraction of sp³-hybridized carbons (Fsp3) is 0.615. The van der Waals surface area contributed by atoms with E-state index in [-0.39, 0.29) is 0 Å². The van der Waals surface area contributed by atoms with E-state index in [2.05, 4.69) is 23.3 Å². The standard InChI is InChI=1S/C13H20N2O/c1-2-6-14-12-5-7-15-13(8-12)10-16-9-11-3-4-11/h5,7-8,11H,2-4,6,9-10H2,1H3,(H,14,15). The molecule has 0 spiro atoms. The lowest BCUT2D eigenvalue weighted by molar-refractivity contribution is 0.109. The quantitative estimate of drug-likeness (QED) is 0.767. The highest BCUT2D eigenvalue weighted by atomic mass is 16.5. The molecule has 88 valence electrons. The molecule has 1 heterocycles. The van der Waals surface area contributed by atoms with E-state index < -0.39 is 0 Å². The van der Waals surface area contributed by atoms with E-state index in [0.717, 1.165) is 36.9 Å². The van der Waals surface area contributed by atoms with Crippen molar-refractivity contribution in [3.63, 3.8) is 0 Å². The van der Waals surface area contributed by atoms with E-state index in [1.54, 1.807) is 0 Å². The van der Waals surface area contributed by atoms with Crippen LogP contribution in [0.5, 0.6) is 0 Å². The van der Waals surface area contributed by atoms with Gasteiger partial charge >= 0.3 is 0 Å². The molecule has 1 aromatic heterocycles. The minimum absolute atomic E-state index is 0.637. The van der Waals surface area contributed by atoms with Crippen LogP contribution in [0.4, 0.5) is 5.69 Å². The van der Waals surface area contributed by atoms with Crippen LogP contribution in [0.15, 0.2) is 18.3 Å². The third-order valence-corrected chi connectivity index (χ3v) is 2.70. The van der Waals surface area contributed by atoms with Crippen LogP contribution in [0.3, 0.4) is 0 Å². The van der Waals surface area contributed by atoms with E-state index in [1.807, 2.05) is 12.3 Å². The number of anilines is 1. The van der Waals surface area contributed by atoms with Crippen molar-refractivity contribution in [1.82, 2.24) is 4.98 Å². The number of ether oxygens (including phenoxy) is 1. The predicted molar refractivity (Wildman–Crippen MR) is 65.4 cm³/mol. The Morgan fingerprint density at radius 1 is 1.50 bits per heavy atom. The zero-order chi connectivity index (χ0) is 11.2. The Hall–Kier alpha value is -1.09. The van der Waals surface area contributed by atoms with Crippen molar-refractivity contribution in [2.75, 3.05) is 18.5 Å². The highest BCUT2D eigenvalue weighted by Gasteiger charge is 2.21. The third kappa shape index (κ3) is 3.81. The van der Waals surface area contributed by atoms with Crippen LogP contribution in [0, 0.1) is 5.92 Å². The summed E-state index contributed by atoms with van der Waals surface area (Å²) in [4.78, 5) is 4.30. The lowest BCUT2D eigenvalue weighted by atomic mass is 10.3. The smallest absolute Gasteiger partial charge is 0.0888 e. The van der Waals surface area contributed by atoms with Gasteiger partial charge in [0.1, 0.15) is 0 Å². The lowest BCUT2D eigenvalue weighted by Crippen LogP contribution is -2.02. The van der Waals surface area contributed by atoms with Crippen molar-refractivity contribution in [3.8, 4) is 0 Å². The van der Waals surface area contributed by atoms with Gasteiger partial charge in [0.25, 0.3) is 0 Å². The number of hydrogen-bond donors (Lipinski definition) is 1. The van der Waals surface area contributed by atoms with Crippen LogP contribution in [0.25, 0.3) is 0 Å². The Morgan fingerprint density at radius 2 is 2.38 bits per heavy atom. The van der Waals surface area contributed by atoms with Crippen LogP contribution in [0.1, 0.15) is 31.9 Å². The normalized spacial score (nSPS) is 15.1. The summed E-state index contributed by atoms with van der Waals surface area (Å²) in [6.45, 7) is 4.70. The summed E-state index contributed by atoms with van der Waals surface area (Å²) in [7, 11) is 0. The molecule has 0 aliphatic heterocycles. The number of rotatable bonds is 7. The van der Waals surface area contributed by atoms with Crippen molar-refractivity contribution in [2.24, 2.45) is 5.92 Å².